The van der Waals surface area contributed by atoms with Crippen LogP contribution in [0.3, 0.4) is 0 Å². The van der Waals surface area contributed by atoms with Gasteiger partial charge in [0.05, 0.1) is 16.0 Å². The minimum Gasteiger partial charge on any atom is -0.490 e. The lowest BCUT2D eigenvalue weighted by Gasteiger charge is -2.36. The number of rotatable bonds is 11. The highest BCUT2D eigenvalue weighted by Gasteiger charge is 2.40. The lowest BCUT2D eigenvalue weighted by molar-refractivity contribution is -0.137. The molecule has 0 aromatic heterocycles. The van der Waals surface area contributed by atoms with Gasteiger partial charge in [-0.15, -0.1) is 0 Å². The van der Waals surface area contributed by atoms with E-state index in [0.29, 0.717) is 55.3 Å². The first kappa shape index (κ1) is 29.7. The summed E-state index contributed by atoms with van der Waals surface area (Å²) in [5.74, 6) is 2.71. The average molecular weight is 627 g/mol. The zero-order valence-electron chi connectivity index (χ0n) is 24.2. The number of nitrogens with zero attached hydrogens (tertiary/aromatic N) is 1. The third-order valence-corrected chi connectivity index (χ3v) is 8.57. The van der Waals surface area contributed by atoms with Crippen molar-refractivity contribution < 1.29 is 23.7 Å². The van der Waals surface area contributed by atoms with Crippen molar-refractivity contribution in [2.24, 2.45) is 5.92 Å². The van der Waals surface area contributed by atoms with Gasteiger partial charge in [-0.3, -0.25) is 4.79 Å². The fraction of sp³-hybridized carbons (Fsp3) is 0.424. The van der Waals surface area contributed by atoms with Crippen molar-refractivity contribution in [2.45, 2.75) is 44.8 Å². The second kappa shape index (κ2) is 13.5. The Morgan fingerprint density at radius 2 is 1.74 bits per heavy atom. The third-order valence-electron chi connectivity index (χ3n) is 8.01. The van der Waals surface area contributed by atoms with Crippen molar-refractivity contribution >= 4 is 34.8 Å². The molecule has 1 aliphatic carbocycles. The van der Waals surface area contributed by atoms with Crippen LogP contribution in [-0.4, -0.2) is 62.4 Å². The Bertz CT molecular complexity index is 1410. The minimum atomic E-state index is -0.181. The zero-order chi connectivity index (χ0) is 29.8. The molecule has 1 unspecified atom stereocenters. The normalized spacial score (nSPS) is 19.4. The standard InChI is InChI=1S/C33H37Cl2N3O5/c1-21-17-27(34)32(28(35)18-21)43-15-13-40-25-9-5-23(6-10-25)37-29-11-12-36-19-26(29)33(39)38(24-7-8-24)20-22-3-2-4-30-31(22)42-16-14-41-30/h2-6,9-10,17-18,24,26,29,36-37H,7-8,11-16,19-20H2,1H3/t26?,29-/m0/s1. The van der Waals surface area contributed by atoms with Crippen LogP contribution >= 0.6 is 23.2 Å². The summed E-state index contributed by atoms with van der Waals surface area (Å²) in [5.41, 5.74) is 2.92. The van der Waals surface area contributed by atoms with Crippen LogP contribution in [0, 0.1) is 12.8 Å². The summed E-state index contributed by atoms with van der Waals surface area (Å²) >= 11 is 12.5. The molecule has 43 heavy (non-hydrogen) atoms. The molecular formula is C33H37Cl2N3O5. The van der Waals surface area contributed by atoms with Gasteiger partial charge in [0, 0.05) is 36.4 Å². The van der Waals surface area contributed by atoms with Crippen LogP contribution in [0.25, 0.3) is 0 Å². The van der Waals surface area contributed by atoms with E-state index in [2.05, 4.69) is 15.5 Å². The van der Waals surface area contributed by atoms with Gasteiger partial charge in [0.1, 0.15) is 32.2 Å². The number of anilines is 1. The van der Waals surface area contributed by atoms with E-state index in [9.17, 15) is 4.79 Å². The van der Waals surface area contributed by atoms with E-state index in [4.69, 9.17) is 42.1 Å². The fourth-order valence-corrected chi connectivity index (χ4v) is 6.41. The molecule has 0 bridgehead atoms. The van der Waals surface area contributed by atoms with Gasteiger partial charge in [-0.2, -0.15) is 0 Å². The average Bonchev–Trinajstić information content (AvgIpc) is 3.85. The molecule has 10 heteroatoms. The maximum absolute atomic E-state index is 14.0. The second-order valence-electron chi connectivity index (χ2n) is 11.3. The number of piperidine rings is 1. The van der Waals surface area contributed by atoms with Crippen molar-refractivity contribution in [1.29, 1.82) is 0 Å². The lowest BCUT2D eigenvalue weighted by Crippen LogP contribution is -2.52. The molecule has 6 rings (SSSR count). The van der Waals surface area contributed by atoms with E-state index in [1.165, 1.54) is 0 Å². The van der Waals surface area contributed by atoms with Crippen LogP contribution in [0.4, 0.5) is 5.69 Å². The molecule has 2 heterocycles. The molecule has 8 nitrogen and oxygen atoms in total. The summed E-state index contributed by atoms with van der Waals surface area (Å²) < 4.78 is 23.3. The SMILES string of the molecule is Cc1cc(Cl)c(OCCOc2ccc(N[C@H]3CCNCC3C(=O)N(Cc3cccc4c3OCCO4)C3CC3)cc2)c(Cl)c1. The summed E-state index contributed by atoms with van der Waals surface area (Å²) in [7, 11) is 0. The van der Waals surface area contributed by atoms with Gasteiger partial charge >= 0.3 is 0 Å². The van der Waals surface area contributed by atoms with Gasteiger partial charge in [0.25, 0.3) is 0 Å². The van der Waals surface area contributed by atoms with Crippen LogP contribution in [0.2, 0.25) is 10.0 Å². The van der Waals surface area contributed by atoms with Crippen molar-refractivity contribution in [2.75, 3.05) is 44.8 Å². The van der Waals surface area contributed by atoms with Crippen molar-refractivity contribution in [1.82, 2.24) is 10.2 Å². The quantitative estimate of drug-likeness (QED) is 0.249. The summed E-state index contributed by atoms with van der Waals surface area (Å²) in [6.45, 7) is 5.68. The molecular weight excluding hydrogens is 589 g/mol. The number of hydrogen-bond acceptors (Lipinski definition) is 7. The highest BCUT2D eigenvalue weighted by Crippen LogP contribution is 2.38. The van der Waals surface area contributed by atoms with Crippen LogP contribution in [0.1, 0.15) is 30.4 Å². The Morgan fingerprint density at radius 1 is 1.00 bits per heavy atom. The molecule has 0 radical (unpaired) electrons. The molecule has 1 saturated carbocycles. The van der Waals surface area contributed by atoms with E-state index in [0.717, 1.165) is 59.9 Å². The number of halogens is 2. The summed E-state index contributed by atoms with van der Waals surface area (Å²) in [5, 5.41) is 8.04. The number of hydrogen-bond donors (Lipinski definition) is 2. The van der Waals surface area contributed by atoms with Crippen LogP contribution in [0.15, 0.2) is 54.6 Å². The molecule has 2 fully saturated rings. The Balaban J connectivity index is 1.05. The first-order chi connectivity index (χ1) is 21.0. The largest absolute Gasteiger partial charge is 0.490 e. The number of carbonyl (C=O) groups is 1. The van der Waals surface area contributed by atoms with Gasteiger partial charge in [-0.1, -0.05) is 35.3 Å². The van der Waals surface area contributed by atoms with Gasteiger partial charge in [0.15, 0.2) is 17.2 Å². The monoisotopic (exact) mass is 625 g/mol. The first-order valence-corrected chi connectivity index (χ1v) is 15.7. The van der Waals surface area contributed by atoms with Crippen molar-refractivity contribution in [3.05, 3.63) is 75.8 Å². The Morgan fingerprint density at radius 3 is 2.51 bits per heavy atom. The molecule has 3 aromatic carbocycles. The molecule has 3 aliphatic rings. The minimum absolute atomic E-state index is 0.0171. The number of benzene rings is 3. The summed E-state index contributed by atoms with van der Waals surface area (Å²) in [6, 6.07) is 17.7. The molecule has 2 N–H and O–H groups in total. The fourth-order valence-electron chi connectivity index (χ4n) is 5.71. The Labute approximate surface area is 262 Å². The molecule has 3 aromatic rings. The molecule has 2 atom stereocenters. The number of fused-ring (bicyclic) bond motifs is 1. The smallest absolute Gasteiger partial charge is 0.229 e. The number of amides is 1. The van der Waals surface area contributed by atoms with Crippen LogP contribution in [-0.2, 0) is 11.3 Å². The van der Waals surface area contributed by atoms with E-state index >= 15 is 0 Å². The zero-order valence-corrected chi connectivity index (χ0v) is 25.8. The van der Waals surface area contributed by atoms with Crippen LogP contribution in [0.5, 0.6) is 23.0 Å². The van der Waals surface area contributed by atoms with Crippen LogP contribution < -0.4 is 29.6 Å². The number of nitrogens with one attached hydrogen (secondary N) is 2. The van der Waals surface area contributed by atoms with Gasteiger partial charge in [-0.05, 0) is 80.8 Å². The number of aryl methyl sites for hydroxylation is 1. The molecule has 1 amide bonds. The van der Waals surface area contributed by atoms with Gasteiger partial charge < -0.3 is 34.5 Å². The van der Waals surface area contributed by atoms with E-state index in [-0.39, 0.29) is 23.9 Å². The summed E-state index contributed by atoms with van der Waals surface area (Å²) in [4.78, 5) is 16.1. The number of ether oxygens (including phenoxy) is 4. The molecule has 228 valence electrons. The van der Waals surface area contributed by atoms with Gasteiger partial charge in [0.2, 0.25) is 5.91 Å². The highest BCUT2D eigenvalue weighted by molar-refractivity contribution is 6.37. The predicted octanol–water partition coefficient (Wildman–Crippen LogP) is 6.11. The number of carbonyl (C=O) groups excluding carboxylic acids is 1. The topological polar surface area (TPSA) is 81.3 Å². The highest BCUT2D eigenvalue weighted by atomic mass is 35.5. The third kappa shape index (κ3) is 7.25. The Kier molecular flexibility index (Phi) is 9.36. The van der Waals surface area contributed by atoms with E-state index < -0.39 is 0 Å². The maximum Gasteiger partial charge on any atom is 0.229 e. The number of para-hydroxylation sites is 1. The molecule has 0 spiro atoms. The maximum atomic E-state index is 14.0. The van der Waals surface area contributed by atoms with E-state index in [1.54, 1.807) is 0 Å². The second-order valence-corrected chi connectivity index (χ2v) is 12.1. The van der Waals surface area contributed by atoms with Crippen molar-refractivity contribution in [3.8, 4) is 23.0 Å². The summed E-state index contributed by atoms with van der Waals surface area (Å²) in [6.07, 6.45) is 2.92. The first-order valence-electron chi connectivity index (χ1n) is 14.9. The molecule has 1 saturated heterocycles. The lowest BCUT2D eigenvalue weighted by atomic mass is 9.91. The predicted molar refractivity (Wildman–Crippen MR) is 168 cm³/mol. The molecule has 2 aliphatic heterocycles. The van der Waals surface area contributed by atoms with Crippen molar-refractivity contribution in [3.63, 3.8) is 0 Å². The van der Waals surface area contributed by atoms with E-state index in [1.807, 2.05) is 61.5 Å². The Hall–Kier alpha value is -3.33. The van der Waals surface area contributed by atoms with Gasteiger partial charge in [-0.25, -0.2) is 0 Å².